The molecular weight excluding hydrogens is 257 g/mol. The van der Waals surface area contributed by atoms with Crippen molar-refractivity contribution in [1.29, 1.82) is 0 Å². The van der Waals surface area contributed by atoms with Crippen LogP contribution in [-0.2, 0) is 16.0 Å². The predicted molar refractivity (Wildman–Crippen MR) is 73.7 cm³/mol. The Morgan fingerprint density at radius 1 is 1.45 bits per heavy atom. The lowest BCUT2D eigenvalue weighted by molar-refractivity contribution is -0.133. The topological polar surface area (TPSA) is 29.5 Å². The third-order valence-corrected chi connectivity index (χ3v) is 4.42. The van der Waals surface area contributed by atoms with Gasteiger partial charge in [-0.25, -0.2) is 4.39 Å². The summed E-state index contributed by atoms with van der Waals surface area (Å²) in [5, 5.41) is 0. The molecule has 1 heterocycles. The van der Waals surface area contributed by atoms with Crippen LogP contribution in [0.1, 0.15) is 25.3 Å². The van der Waals surface area contributed by atoms with E-state index in [0.29, 0.717) is 24.5 Å². The highest BCUT2D eigenvalue weighted by molar-refractivity contribution is 5.79. The van der Waals surface area contributed by atoms with Crippen molar-refractivity contribution in [3.63, 3.8) is 0 Å². The van der Waals surface area contributed by atoms with Crippen molar-refractivity contribution >= 4 is 5.91 Å². The van der Waals surface area contributed by atoms with E-state index in [1.54, 1.807) is 12.1 Å². The standard InChI is InChI=1S/C16H20FNO2/c1-2-20-15-9-14-8-12(15)10-18(14)16(19)7-11-4-3-5-13(17)6-11/h3-6,12,14-15H,2,7-10H2,1H3/t12?,14?,15-/m1/s1. The van der Waals surface area contributed by atoms with Crippen LogP contribution in [0.25, 0.3) is 0 Å². The van der Waals surface area contributed by atoms with Gasteiger partial charge in [0.15, 0.2) is 0 Å². The molecule has 3 atom stereocenters. The zero-order valence-electron chi connectivity index (χ0n) is 11.7. The summed E-state index contributed by atoms with van der Waals surface area (Å²) in [4.78, 5) is 14.3. The van der Waals surface area contributed by atoms with Gasteiger partial charge >= 0.3 is 0 Å². The lowest BCUT2D eigenvalue weighted by atomic mass is 10.0. The molecule has 3 nitrogen and oxygen atoms in total. The Bertz CT molecular complexity index is 505. The minimum atomic E-state index is -0.283. The summed E-state index contributed by atoms with van der Waals surface area (Å²) in [6.07, 6.45) is 2.62. The molecule has 1 amide bonds. The first-order valence-electron chi connectivity index (χ1n) is 7.33. The Balaban J connectivity index is 1.60. The number of hydrogen-bond donors (Lipinski definition) is 0. The maximum atomic E-state index is 13.1. The van der Waals surface area contributed by atoms with E-state index in [-0.39, 0.29) is 11.7 Å². The summed E-state index contributed by atoms with van der Waals surface area (Å²) in [7, 11) is 0. The first-order chi connectivity index (χ1) is 9.67. The van der Waals surface area contributed by atoms with E-state index in [9.17, 15) is 9.18 Å². The van der Waals surface area contributed by atoms with Crippen LogP contribution in [0.5, 0.6) is 0 Å². The molecule has 2 unspecified atom stereocenters. The van der Waals surface area contributed by atoms with Crippen molar-refractivity contribution in [2.45, 2.75) is 38.3 Å². The van der Waals surface area contributed by atoms with Gasteiger partial charge in [-0.3, -0.25) is 4.79 Å². The van der Waals surface area contributed by atoms with Gasteiger partial charge in [-0.2, -0.15) is 0 Å². The maximum Gasteiger partial charge on any atom is 0.227 e. The number of rotatable bonds is 4. The smallest absolute Gasteiger partial charge is 0.227 e. The summed E-state index contributed by atoms with van der Waals surface area (Å²) in [6.45, 7) is 3.55. The van der Waals surface area contributed by atoms with Gasteiger partial charge in [0.1, 0.15) is 5.82 Å². The van der Waals surface area contributed by atoms with Crippen molar-refractivity contribution in [1.82, 2.24) is 4.90 Å². The predicted octanol–water partition coefficient (Wildman–Crippen LogP) is 2.39. The lowest BCUT2D eigenvalue weighted by Crippen LogP contribution is -2.43. The maximum absolute atomic E-state index is 13.1. The Labute approximate surface area is 118 Å². The molecule has 4 heteroatoms. The molecule has 3 rings (SSSR count). The van der Waals surface area contributed by atoms with Crippen LogP contribution in [0.3, 0.4) is 0 Å². The third kappa shape index (κ3) is 2.57. The van der Waals surface area contributed by atoms with Gasteiger partial charge in [-0.15, -0.1) is 0 Å². The molecule has 0 spiro atoms. The number of fused-ring (bicyclic) bond motifs is 2. The van der Waals surface area contributed by atoms with Gasteiger partial charge in [0.2, 0.25) is 5.91 Å². The van der Waals surface area contributed by atoms with Crippen LogP contribution in [0.4, 0.5) is 4.39 Å². The number of halogens is 1. The first kappa shape index (κ1) is 13.6. The molecule has 1 saturated heterocycles. The number of amides is 1. The number of carbonyl (C=O) groups is 1. The van der Waals surface area contributed by atoms with Crippen LogP contribution in [0, 0.1) is 11.7 Å². The summed E-state index contributed by atoms with van der Waals surface area (Å²) in [6, 6.07) is 6.61. The second-order valence-corrected chi connectivity index (χ2v) is 5.73. The Morgan fingerprint density at radius 3 is 2.95 bits per heavy atom. The molecule has 1 aliphatic heterocycles. The van der Waals surface area contributed by atoms with Gasteiger partial charge in [0.05, 0.1) is 12.5 Å². The first-order valence-corrected chi connectivity index (χ1v) is 7.33. The normalized spacial score (nSPS) is 28.1. The third-order valence-electron chi connectivity index (χ3n) is 4.42. The van der Waals surface area contributed by atoms with E-state index in [1.165, 1.54) is 12.1 Å². The molecular formula is C16H20FNO2. The Hall–Kier alpha value is -1.42. The number of benzene rings is 1. The number of likely N-dealkylation sites (tertiary alicyclic amines) is 1. The van der Waals surface area contributed by atoms with E-state index < -0.39 is 0 Å². The molecule has 2 aliphatic rings. The number of hydrogen-bond acceptors (Lipinski definition) is 2. The minimum absolute atomic E-state index is 0.109. The summed E-state index contributed by atoms with van der Waals surface area (Å²) < 4.78 is 18.9. The van der Waals surface area contributed by atoms with E-state index in [4.69, 9.17) is 4.74 Å². The average Bonchev–Trinajstić information content (AvgIpc) is 2.99. The van der Waals surface area contributed by atoms with E-state index in [1.807, 2.05) is 11.8 Å². The fraction of sp³-hybridized carbons (Fsp3) is 0.562. The van der Waals surface area contributed by atoms with Crippen LogP contribution in [-0.4, -0.2) is 36.1 Å². The van der Waals surface area contributed by atoms with Crippen LogP contribution >= 0.6 is 0 Å². The van der Waals surface area contributed by atoms with Gasteiger partial charge in [0, 0.05) is 25.1 Å². The summed E-state index contributed by atoms with van der Waals surface area (Å²) in [5.74, 6) is 0.309. The monoisotopic (exact) mass is 277 g/mol. The summed E-state index contributed by atoms with van der Waals surface area (Å²) in [5.41, 5.74) is 0.749. The second-order valence-electron chi connectivity index (χ2n) is 5.73. The molecule has 1 saturated carbocycles. The van der Waals surface area contributed by atoms with Gasteiger partial charge in [0.25, 0.3) is 0 Å². The number of nitrogens with zero attached hydrogens (tertiary/aromatic N) is 1. The van der Waals surface area contributed by atoms with Crippen molar-refractivity contribution < 1.29 is 13.9 Å². The molecule has 0 N–H and O–H groups in total. The summed E-state index contributed by atoms with van der Waals surface area (Å²) >= 11 is 0. The molecule has 108 valence electrons. The van der Waals surface area contributed by atoms with Crippen molar-refractivity contribution in [2.24, 2.45) is 5.92 Å². The van der Waals surface area contributed by atoms with Crippen molar-refractivity contribution in [2.75, 3.05) is 13.2 Å². The van der Waals surface area contributed by atoms with E-state index in [0.717, 1.165) is 31.6 Å². The lowest BCUT2D eigenvalue weighted by Gasteiger charge is -2.31. The molecule has 0 radical (unpaired) electrons. The van der Waals surface area contributed by atoms with Gasteiger partial charge in [-0.05, 0) is 37.5 Å². The molecule has 1 aliphatic carbocycles. The Morgan fingerprint density at radius 2 is 2.30 bits per heavy atom. The molecule has 1 aromatic rings. The fourth-order valence-electron chi connectivity index (χ4n) is 3.55. The highest BCUT2D eigenvalue weighted by atomic mass is 19.1. The van der Waals surface area contributed by atoms with Gasteiger partial charge < -0.3 is 9.64 Å². The quantitative estimate of drug-likeness (QED) is 0.845. The average molecular weight is 277 g/mol. The number of piperidine rings is 1. The van der Waals surface area contributed by atoms with E-state index >= 15 is 0 Å². The fourth-order valence-corrected chi connectivity index (χ4v) is 3.55. The number of carbonyl (C=O) groups excluding carboxylic acids is 1. The molecule has 2 fully saturated rings. The number of ether oxygens (including phenoxy) is 1. The van der Waals surface area contributed by atoms with Crippen molar-refractivity contribution in [3.8, 4) is 0 Å². The molecule has 1 aromatic carbocycles. The highest BCUT2D eigenvalue weighted by Gasteiger charge is 2.46. The second kappa shape index (κ2) is 5.52. The SMILES string of the molecule is CCO[C@@H]1CC2CC1CN2C(=O)Cc1cccc(F)c1. The molecule has 0 aromatic heterocycles. The van der Waals surface area contributed by atoms with Crippen molar-refractivity contribution in [3.05, 3.63) is 35.6 Å². The Kier molecular flexibility index (Phi) is 3.74. The zero-order valence-corrected chi connectivity index (χ0v) is 11.7. The highest BCUT2D eigenvalue weighted by Crippen LogP contribution is 2.39. The van der Waals surface area contributed by atoms with Crippen LogP contribution in [0.2, 0.25) is 0 Å². The van der Waals surface area contributed by atoms with E-state index in [2.05, 4.69) is 0 Å². The molecule has 2 bridgehead atoms. The zero-order chi connectivity index (χ0) is 14.1. The van der Waals surface area contributed by atoms with Crippen LogP contribution < -0.4 is 0 Å². The van der Waals surface area contributed by atoms with Crippen LogP contribution in [0.15, 0.2) is 24.3 Å². The van der Waals surface area contributed by atoms with Gasteiger partial charge in [-0.1, -0.05) is 12.1 Å². The minimum Gasteiger partial charge on any atom is -0.378 e. The molecule has 20 heavy (non-hydrogen) atoms. The largest absolute Gasteiger partial charge is 0.378 e.